The smallest absolute Gasteiger partial charge is 0.254 e. The Bertz CT molecular complexity index is 862. The number of carbonyl (C=O) groups excluding carboxylic acids is 1. The largest absolute Gasteiger partial charge is 0.497 e. The van der Waals surface area contributed by atoms with Gasteiger partial charge in [0, 0.05) is 49.9 Å². The molecule has 2 aromatic rings. The first-order valence-corrected chi connectivity index (χ1v) is 9.60. The van der Waals surface area contributed by atoms with E-state index in [4.69, 9.17) is 14.2 Å². The van der Waals surface area contributed by atoms with E-state index in [-0.39, 0.29) is 5.91 Å². The molecule has 0 spiro atoms. The van der Waals surface area contributed by atoms with Crippen molar-refractivity contribution in [3.8, 4) is 11.5 Å². The molecule has 2 aromatic carbocycles. The minimum atomic E-state index is 0.0985. The molecule has 148 valence electrons. The fourth-order valence-corrected chi connectivity index (χ4v) is 3.88. The quantitative estimate of drug-likeness (QED) is 0.796. The number of ether oxygens (including phenoxy) is 3. The lowest BCUT2D eigenvalue weighted by Crippen LogP contribution is -2.40. The number of carbonyl (C=O) groups is 1. The topological polar surface area (TPSA) is 51.2 Å². The van der Waals surface area contributed by atoms with Gasteiger partial charge in [0.05, 0.1) is 27.4 Å². The Morgan fingerprint density at radius 3 is 2.54 bits per heavy atom. The third-order valence-corrected chi connectivity index (χ3v) is 5.43. The van der Waals surface area contributed by atoms with Gasteiger partial charge < -0.3 is 19.1 Å². The summed E-state index contributed by atoms with van der Waals surface area (Å²) < 4.78 is 16.2. The lowest BCUT2D eigenvalue weighted by atomic mass is 10.1. The Balaban J connectivity index is 1.46. The molecule has 1 fully saturated rings. The molecule has 0 saturated carbocycles. The summed E-state index contributed by atoms with van der Waals surface area (Å²) in [5.41, 5.74) is 4.41. The van der Waals surface area contributed by atoms with Crippen molar-refractivity contribution < 1.29 is 19.0 Å². The second kappa shape index (κ2) is 8.20. The number of amides is 1. The van der Waals surface area contributed by atoms with Gasteiger partial charge in [-0.25, -0.2) is 0 Å². The number of rotatable bonds is 5. The van der Waals surface area contributed by atoms with Gasteiger partial charge in [0.15, 0.2) is 0 Å². The van der Waals surface area contributed by atoms with Gasteiger partial charge in [0.25, 0.3) is 5.91 Å². The van der Waals surface area contributed by atoms with Crippen molar-refractivity contribution >= 4 is 5.91 Å². The summed E-state index contributed by atoms with van der Waals surface area (Å²) in [5, 5.41) is 0. The van der Waals surface area contributed by atoms with Gasteiger partial charge in [0.1, 0.15) is 11.5 Å². The van der Waals surface area contributed by atoms with Crippen LogP contribution in [0.5, 0.6) is 11.5 Å². The predicted octanol–water partition coefficient (Wildman–Crippen LogP) is 2.69. The van der Waals surface area contributed by atoms with Crippen LogP contribution >= 0.6 is 0 Å². The number of benzene rings is 2. The van der Waals surface area contributed by atoms with Crippen molar-refractivity contribution in [3.63, 3.8) is 0 Å². The minimum Gasteiger partial charge on any atom is -0.497 e. The van der Waals surface area contributed by atoms with Crippen LogP contribution in [-0.2, 0) is 24.4 Å². The molecule has 0 bridgehead atoms. The molecule has 28 heavy (non-hydrogen) atoms. The zero-order valence-corrected chi connectivity index (χ0v) is 16.4. The van der Waals surface area contributed by atoms with E-state index in [0.29, 0.717) is 26.3 Å². The number of hydrogen-bond acceptors (Lipinski definition) is 5. The summed E-state index contributed by atoms with van der Waals surface area (Å²) in [6, 6.07) is 12.0. The van der Waals surface area contributed by atoms with E-state index in [1.807, 2.05) is 29.2 Å². The molecule has 1 saturated heterocycles. The van der Waals surface area contributed by atoms with Gasteiger partial charge in [-0.1, -0.05) is 12.1 Å². The van der Waals surface area contributed by atoms with Crippen LogP contribution in [0.3, 0.4) is 0 Å². The van der Waals surface area contributed by atoms with Crippen molar-refractivity contribution in [2.45, 2.75) is 19.6 Å². The Labute approximate surface area is 165 Å². The molecule has 6 heteroatoms. The lowest BCUT2D eigenvalue weighted by Gasteiger charge is -2.27. The van der Waals surface area contributed by atoms with Crippen LogP contribution in [0.15, 0.2) is 36.4 Å². The van der Waals surface area contributed by atoms with Crippen molar-refractivity contribution in [3.05, 3.63) is 58.7 Å². The third-order valence-electron chi connectivity index (χ3n) is 5.43. The zero-order chi connectivity index (χ0) is 19.5. The van der Waals surface area contributed by atoms with Crippen LogP contribution in [0, 0.1) is 0 Å². The average molecular weight is 382 g/mol. The van der Waals surface area contributed by atoms with E-state index in [1.165, 1.54) is 11.1 Å². The number of hydrogen-bond donors (Lipinski definition) is 0. The highest BCUT2D eigenvalue weighted by Crippen LogP contribution is 2.30. The van der Waals surface area contributed by atoms with Crippen molar-refractivity contribution in [2.75, 3.05) is 40.5 Å². The predicted molar refractivity (Wildman–Crippen MR) is 106 cm³/mol. The van der Waals surface area contributed by atoms with Crippen LogP contribution in [0.4, 0.5) is 0 Å². The SMILES string of the molecule is COc1ccc(CN2Cc3ccc(C(=O)N4CCOCC4)cc3C2)c(OC)c1. The van der Waals surface area contributed by atoms with Crippen LogP contribution < -0.4 is 9.47 Å². The Morgan fingerprint density at radius 1 is 1.00 bits per heavy atom. The van der Waals surface area contributed by atoms with Gasteiger partial charge >= 0.3 is 0 Å². The van der Waals surface area contributed by atoms with Gasteiger partial charge in [-0.05, 0) is 29.3 Å². The number of morpholine rings is 1. The second-order valence-electron chi connectivity index (χ2n) is 7.21. The van der Waals surface area contributed by atoms with Crippen LogP contribution in [0.2, 0.25) is 0 Å². The highest BCUT2D eigenvalue weighted by molar-refractivity contribution is 5.94. The van der Waals surface area contributed by atoms with Gasteiger partial charge in [0.2, 0.25) is 0 Å². The normalized spacial score (nSPS) is 16.7. The van der Waals surface area contributed by atoms with E-state index in [1.54, 1.807) is 14.2 Å². The second-order valence-corrected chi connectivity index (χ2v) is 7.21. The molecule has 0 aromatic heterocycles. The molecule has 2 heterocycles. The van der Waals surface area contributed by atoms with E-state index in [0.717, 1.165) is 42.3 Å². The Morgan fingerprint density at radius 2 is 1.79 bits per heavy atom. The molecule has 0 N–H and O–H groups in total. The minimum absolute atomic E-state index is 0.0985. The molecular formula is C22H26N2O4. The van der Waals surface area contributed by atoms with Crippen LogP contribution in [-0.4, -0.2) is 56.2 Å². The van der Waals surface area contributed by atoms with Crippen molar-refractivity contribution in [2.24, 2.45) is 0 Å². The number of methoxy groups -OCH3 is 2. The lowest BCUT2D eigenvalue weighted by molar-refractivity contribution is 0.0303. The maximum absolute atomic E-state index is 12.7. The Hall–Kier alpha value is -2.57. The molecule has 4 rings (SSSR count). The highest BCUT2D eigenvalue weighted by atomic mass is 16.5. The molecule has 2 aliphatic heterocycles. The summed E-state index contributed by atoms with van der Waals surface area (Å²) in [6.45, 7) is 5.06. The summed E-state index contributed by atoms with van der Waals surface area (Å²) in [5.74, 6) is 1.72. The summed E-state index contributed by atoms with van der Waals surface area (Å²) in [7, 11) is 3.34. The molecule has 1 amide bonds. The molecule has 0 aliphatic carbocycles. The fraction of sp³-hybridized carbons (Fsp3) is 0.409. The van der Waals surface area contributed by atoms with E-state index < -0.39 is 0 Å². The summed E-state index contributed by atoms with van der Waals surface area (Å²) >= 11 is 0. The molecular weight excluding hydrogens is 356 g/mol. The average Bonchev–Trinajstić information content (AvgIpc) is 3.15. The van der Waals surface area contributed by atoms with Gasteiger partial charge in [-0.3, -0.25) is 9.69 Å². The molecule has 0 radical (unpaired) electrons. The maximum atomic E-state index is 12.7. The van der Waals surface area contributed by atoms with Crippen LogP contribution in [0.1, 0.15) is 27.0 Å². The maximum Gasteiger partial charge on any atom is 0.254 e. The molecule has 0 atom stereocenters. The first-order chi connectivity index (χ1) is 13.7. The molecule has 2 aliphatic rings. The van der Waals surface area contributed by atoms with E-state index in [2.05, 4.69) is 17.0 Å². The van der Waals surface area contributed by atoms with Crippen LogP contribution in [0.25, 0.3) is 0 Å². The summed E-state index contributed by atoms with van der Waals surface area (Å²) in [6.07, 6.45) is 0. The number of fused-ring (bicyclic) bond motifs is 1. The van der Waals surface area contributed by atoms with Gasteiger partial charge in [-0.2, -0.15) is 0 Å². The third kappa shape index (κ3) is 3.84. The molecule has 6 nitrogen and oxygen atoms in total. The van der Waals surface area contributed by atoms with Crippen molar-refractivity contribution in [1.29, 1.82) is 0 Å². The van der Waals surface area contributed by atoms with Gasteiger partial charge in [-0.15, -0.1) is 0 Å². The Kier molecular flexibility index (Phi) is 5.50. The monoisotopic (exact) mass is 382 g/mol. The first-order valence-electron chi connectivity index (χ1n) is 9.60. The van der Waals surface area contributed by atoms with E-state index >= 15 is 0 Å². The van der Waals surface area contributed by atoms with E-state index in [9.17, 15) is 4.79 Å². The first kappa shape index (κ1) is 18.8. The van der Waals surface area contributed by atoms with Crippen molar-refractivity contribution in [1.82, 2.24) is 9.80 Å². The standard InChI is InChI=1S/C22H26N2O4/c1-26-20-6-5-18(21(12-20)27-2)14-23-13-17-4-3-16(11-19(17)15-23)22(25)24-7-9-28-10-8-24/h3-6,11-12H,7-10,13-15H2,1-2H3. The number of nitrogens with zero attached hydrogens (tertiary/aromatic N) is 2. The zero-order valence-electron chi connectivity index (χ0n) is 16.4. The highest BCUT2D eigenvalue weighted by Gasteiger charge is 2.24. The summed E-state index contributed by atoms with van der Waals surface area (Å²) in [4.78, 5) is 17.0. The fourth-order valence-electron chi connectivity index (χ4n) is 3.88. The molecule has 0 unspecified atom stereocenters.